The molecule has 248 valence electrons. The Bertz CT molecular complexity index is 1670. The van der Waals surface area contributed by atoms with Crippen molar-refractivity contribution in [1.29, 1.82) is 0 Å². The monoisotopic (exact) mass is 668 g/mol. The molecular weight excluding hydrogens is 635 g/mol. The number of ether oxygens (including phenoxy) is 1. The third-order valence-corrected chi connectivity index (χ3v) is 9.41. The summed E-state index contributed by atoms with van der Waals surface area (Å²) in [5, 5.41) is 13.6. The van der Waals surface area contributed by atoms with Crippen molar-refractivity contribution in [2.24, 2.45) is 0 Å². The van der Waals surface area contributed by atoms with E-state index in [9.17, 15) is 41.6 Å². The number of phenolic OH excluding ortho intramolecular Hbond substituents is 1. The number of amides is 2. The first-order valence-electron chi connectivity index (χ1n) is 14.4. The van der Waals surface area contributed by atoms with E-state index >= 15 is 0 Å². The average molecular weight is 669 g/mol. The lowest BCUT2D eigenvalue weighted by molar-refractivity contribution is -0.153. The van der Waals surface area contributed by atoms with Gasteiger partial charge in [0.2, 0.25) is 0 Å². The van der Waals surface area contributed by atoms with E-state index in [1.54, 1.807) is 6.92 Å². The number of nitrogens with zero attached hydrogens (tertiary/aromatic N) is 3. The summed E-state index contributed by atoms with van der Waals surface area (Å²) < 4.78 is 75.8. The summed E-state index contributed by atoms with van der Waals surface area (Å²) >= 11 is 0. The van der Waals surface area contributed by atoms with E-state index < -0.39 is 61.9 Å². The molecule has 0 spiro atoms. The second kappa shape index (κ2) is 14.1. The quantitative estimate of drug-likeness (QED) is 0.146. The Morgan fingerprint density at radius 2 is 1.89 bits per heavy atom. The molecule has 2 heterocycles. The number of pyridine rings is 1. The summed E-state index contributed by atoms with van der Waals surface area (Å²) in [6.45, 7) is 2.12. The maximum Gasteiger partial charge on any atom is 0.412 e. The van der Waals surface area contributed by atoms with E-state index in [4.69, 9.17) is 9.26 Å². The molecule has 2 atom stereocenters. The van der Waals surface area contributed by atoms with Gasteiger partial charge in [0.15, 0.2) is 12.4 Å². The van der Waals surface area contributed by atoms with Crippen LogP contribution in [0.4, 0.5) is 17.6 Å². The maximum atomic E-state index is 14.2. The zero-order chi connectivity index (χ0) is 33.8. The van der Waals surface area contributed by atoms with Crippen molar-refractivity contribution in [3.05, 3.63) is 70.7 Å². The van der Waals surface area contributed by atoms with Gasteiger partial charge in [-0.05, 0) is 44.5 Å². The molecule has 2 amide bonds. The molecule has 0 aliphatic carbocycles. The third-order valence-electron chi connectivity index (χ3n) is 7.29. The molecule has 0 bridgehead atoms. The predicted octanol–water partition coefficient (Wildman–Crippen LogP) is 5.01. The third kappa shape index (κ3) is 7.83. The normalized spacial score (nSPS) is 15.0. The fraction of sp³-hybridized carbons (Fsp3) is 0.400. The van der Waals surface area contributed by atoms with Gasteiger partial charge in [-0.3, -0.25) is 23.9 Å². The van der Waals surface area contributed by atoms with Crippen LogP contribution in [0.25, 0.3) is 10.9 Å². The second-order valence-electron chi connectivity index (χ2n) is 10.5. The van der Waals surface area contributed by atoms with Crippen molar-refractivity contribution in [1.82, 2.24) is 19.9 Å². The molecule has 2 N–H and O–H groups in total. The molecule has 11 nitrogen and oxygen atoms in total. The Hall–Kier alpha value is -4.07. The number of benzene rings is 2. The van der Waals surface area contributed by atoms with Crippen LogP contribution in [0.2, 0.25) is 0 Å². The van der Waals surface area contributed by atoms with Crippen LogP contribution in [0.3, 0.4) is 0 Å². The molecule has 3 aromatic rings. The number of carbonyl (C=O) groups excluding carboxylic acids is 3. The van der Waals surface area contributed by atoms with Gasteiger partial charge in [0, 0.05) is 43.3 Å². The van der Waals surface area contributed by atoms with Gasteiger partial charge in [-0.25, -0.2) is 9.48 Å². The van der Waals surface area contributed by atoms with Crippen LogP contribution in [0, 0.1) is 5.82 Å². The number of nitrogens with one attached hydrogen (secondary N) is 1. The van der Waals surface area contributed by atoms with Crippen molar-refractivity contribution in [2.45, 2.75) is 46.1 Å². The van der Waals surface area contributed by atoms with E-state index in [1.165, 1.54) is 66.2 Å². The van der Waals surface area contributed by atoms with Crippen LogP contribution in [-0.4, -0.2) is 82.4 Å². The molecule has 0 fully saturated rings. The highest BCUT2D eigenvalue weighted by Gasteiger charge is 2.39. The van der Waals surface area contributed by atoms with E-state index in [1.807, 2.05) is 0 Å². The summed E-state index contributed by atoms with van der Waals surface area (Å²) in [5.41, 5.74) is 0.705. The van der Waals surface area contributed by atoms with Crippen LogP contribution in [0.1, 0.15) is 52.6 Å². The molecule has 0 saturated heterocycles. The number of halogens is 4. The van der Waals surface area contributed by atoms with Crippen LogP contribution < -0.4 is 5.09 Å². The number of esters is 1. The highest BCUT2D eigenvalue weighted by Crippen LogP contribution is 2.45. The first kappa shape index (κ1) is 34.8. The summed E-state index contributed by atoms with van der Waals surface area (Å²) in [4.78, 5) is 46.6. The topological polar surface area (TPSA) is 138 Å². The minimum atomic E-state index is -4.82. The number of carbonyl (C=O) groups is 3. The zero-order valence-electron chi connectivity index (χ0n) is 25.3. The molecule has 46 heavy (non-hydrogen) atoms. The van der Waals surface area contributed by atoms with Crippen molar-refractivity contribution < 1.29 is 50.9 Å². The van der Waals surface area contributed by atoms with Crippen LogP contribution in [0.5, 0.6) is 5.75 Å². The van der Waals surface area contributed by atoms with Crippen LogP contribution in [0.15, 0.2) is 42.6 Å². The summed E-state index contributed by atoms with van der Waals surface area (Å²) in [5.74, 6) is -2.96. The molecule has 0 saturated carbocycles. The smallest absolute Gasteiger partial charge is 0.412 e. The summed E-state index contributed by atoms with van der Waals surface area (Å²) in [6.07, 6.45) is -4.05. The van der Waals surface area contributed by atoms with Gasteiger partial charge in [0.05, 0.1) is 23.9 Å². The fourth-order valence-electron chi connectivity index (χ4n) is 5.11. The van der Waals surface area contributed by atoms with Gasteiger partial charge in [0.1, 0.15) is 17.4 Å². The number of alkyl halides is 3. The Labute approximate surface area is 262 Å². The Morgan fingerprint density at radius 3 is 2.52 bits per heavy atom. The van der Waals surface area contributed by atoms with Crippen molar-refractivity contribution in [2.75, 3.05) is 32.5 Å². The molecule has 1 unspecified atom stereocenters. The Morgan fingerprint density at radius 1 is 1.20 bits per heavy atom. The Kier molecular flexibility index (Phi) is 10.7. The fourth-order valence-corrected chi connectivity index (χ4v) is 7.00. The van der Waals surface area contributed by atoms with E-state index in [2.05, 4.69) is 10.1 Å². The molecular formula is C30H33F4N4O7P. The molecule has 16 heteroatoms. The Balaban J connectivity index is 1.67. The molecule has 4 rings (SSSR count). The van der Waals surface area contributed by atoms with Gasteiger partial charge in [0.25, 0.3) is 19.3 Å². The number of rotatable bonds is 13. The standard InChI is InChI=1S/C30H33F4N4O7P/c1-4-37(13-14-46(43,45-17-30(32,33)34)36-18(3)29(42)44-5-2)27(40)23-21-7-6-12-35-25(21)26(39)24-22(23)16-38(28(24)41)15-19-8-10-20(31)11-9-19/h6-12,18,39H,4-5,13-17H2,1-3H3,(H,36,43)/t18-,46?/m0/s1. The number of phenols is 1. The number of hydrogen-bond donors (Lipinski definition) is 2. The van der Waals surface area contributed by atoms with Gasteiger partial charge in [-0.15, -0.1) is 0 Å². The highest BCUT2D eigenvalue weighted by molar-refractivity contribution is 7.57. The molecule has 1 aliphatic rings. The van der Waals surface area contributed by atoms with Gasteiger partial charge in [-0.2, -0.15) is 13.2 Å². The zero-order valence-corrected chi connectivity index (χ0v) is 26.2. The number of fused-ring (bicyclic) bond motifs is 2. The summed E-state index contributed by atoms with van der Waals surface area (Å²) in [6, 6.07) is 7.29. The minimum absolute atomic E-state index is 0.0101. The molecule has 1 aromatic heterocycles. The lowest BCUT2D eigenvalue weighted by atomic mass is 9.95. The van der Waals surface area contributed by atoms with Crippen LogP contribution in [-0.2, 0) is 31.7 Å². The van der Waals surface area contributed by atoms with Gasteiger partial charge >= 0.3 is 12.1 Å². The molecule has 1 aliphatic heterocycles. The van der Waals surface area contributed by atoms with E-state index in [0.717, 1.165) is 0 Å². The SMILES string of the molecule is CCOC(=O)[C@H](C)NP(=O)(CCN(CC)C(=O)c1c2c(c(O)c3ncccc13)C(=O)N(Cc1ccc(F)cc1)C2)OCC(F)(F)F. The van der Waals surface area contributed by atoms with Crippen molar-refractivity contribution in [3.8, 4) is 5.75 Å². The second-order valence-corrected chi connectivity index (χ2v) is 12.8. The first-order valence-corrected chi connectivity index (χ1v) is 16.2. The van der Waals surface area contributed by atoms with Gasteiger partial charge in [-0.1, -0.05) is 18.2 Å². The van der Waals surface area contributed by atoms with Crippen LogP contribution >= 0.6 is 7.52 Å². The number of aromatic nitrogens is 1. The lowest BCUT2D eigenvalue weighted by Crippen LogP contribution is -2.39. The summed E-state index contributed by atoms with van der Waals surface area (Å²) in [7, 11) is -4.39. The minimum Gasteiger partial charge on any atom is -0.505 e. The first-order chi connectivity index (χ1) is 21.7. The maximum absolute atomic E-state index is 14.2. The van der Waals surface area contributed by atoms with Gasteiger partial charge < -0.3 is 24.2 Å². The highest BCUT2D eigenvalue weighted by atomic mass is 31.2. The lowest BCUT2D eigenvalue weighted by Gasteiger charge is -2.27. The molecule has 2 aromatic carbocycles. The average Bonchev–Trinajstić information content (AvgIpc) is 3.32. The van der Waals surface area contributed by atoms with Crippen molar-refractivity contribution >= 4 is 36.2 Å². The van der Waals surface area contributed by atoms with E-state index in [-0.39, 0.29) is 60.4 Å². The molecule has 0 radical (unpaired) electrons. The predicted molar refractivity (Wildman–Crippen MR) is 159 cm³/mol. The number of hydrogen-bond acceptors (Lipinski definition) is 8. The van der Waals surface area contributed by atoms with Crippen molar-refractivity contribution in [3.63, 3.8) is 0 Å². The van der Waals surface area contributed by atoms with E-state index in [0.29, 0.717) is 5.56 Å². The largest absolute Gasteiger partial charge is 0.505 e. The number of aromatic hydroxyl groups is 1.